The second-order valence-electron chi connectivity index (χ2n) is 4.07. The molecule has 0 atom stereocenters. The molecule has 1 N–H and O–H groups in total. The van der Waals surface area contributed by atoms with Crippen LogP contribution in [0, 0.1) is 0 Å². The first kappa shape index (κ1) is 19.1. The summed E-state index contributed by atoms with van der Waals surface area (Å²) in [6.07, 6.45) is 4.23. The molecule has 116 valence electrons. The lowest BCUT2D eigenvalue weighted by Gasteiger charge is -1.91. The molecular weight excluding hydrogens is 282 g/mol. The van der Waals surface area contributed by atoms with E-state index in [0.717, 1.165) is 0 Å². The number of ether oxygens (including phenoxy) is 1. The summed E-state index contributed by atoms with van der Waals surface area (Å²) in [7, 11) is 1.33. The van der Waals surface area contributed by atoms with Gasteiger partial charge in [0.15, 0.2) is 0 Å². The molecule has 22 heavy (non-hydrogen) atoms. The molecule has 5 nitrogen and oxygen atoms in total. The molecular formula is C17H19NO4. The molecule has 0 aromatic heterocycles. The van der Waals surface area contributed by atoms with Crippen molar-refractivity contribution in [3.63, 3.8) is 0 Å². The highest BCUT2D eigenvalue weighted by atomic mass is 16.5. The maximum Gasteiger partial charge on any atom is 0.332 e. The molecule has 0 spiro atoms. The fraction of sp³-hybridized carbons (Fsp3) is 0.118. The molecule has 0 saturated heterocycles. The molecule has 1 aliphatic rings. The maximum absolute atomic E-state index is 10.2. The van der Waals surface area contributed by atoms with Gasteiger partial charge in [-0.15, -0.1) is 0 Å². The normalized spacial score (nSPS) is 11.2. The Morgan fingerprint density at radius 2 is 1.64 bits per heavy atom. The molecule has 0 bridgehead atoms. The first-order valence-corrected chi connectivity index (χ1v) is 6.35. The van der Waals surface area contributed by atoms with Crippen LogP contribution in [0.5, 0.6) is 0 Å². The molecule has 0 radical (unpaired) electrons. The van der Waals surface area contributed by atoms with Crippen LogP contribution >= 0.6 is 0 Å². The summed E-state index contributed by atoms with van der Waals surface area (Å²) >= 11 is 0. The van der Waals surface area contributed by atoms with Gasteiger partial charge in [0.05, 0.1) is 7.11 Å². The van der Waals surface area contributed by atoms with Crippen molar-refractivity contribution in [2.45, 2.75) is 6.92 Å². The van der Waals surface area contributed by atoms with Crippen molar-refractivity contribution in [1.82, 2.24) is 5.32 Å². The minimum absolute atomic E-state index is 0.329. The van der Waals surface area contributed by atoms with Gasteiger partial charge in [-0.05, 0) is 12.5 Å². The number of carbonyl (C=O) groups excluding carboxylic acids is 3. The minimum Gasteiger partial charge on any atom is -0.466 e. The predicted molar refractivity (Wildman–Crippen MR) is 85.7 cm³/mol. The number of amides is 2. The van der Waals surface area contributed by atoms with Gasteiger partial charge in [0.2, 0.25) is 0 Å². The number of hydrogen-bond acceptors (Lipinski definition) is 4. The van der Waals surface area contributed by atoms with Gasteiger partial charge in [-0.1, -0.05) is 49.6 Å². The zero-order valence-electron chi connectivity index (χ0n) is 12.7. The van der Waals surface area contributed by atoms with E-state index in [1.807, 2.05) is 41.7 Å². The van der Waals surface area contributed by atoms with E-state index in [0.29, 0.717) is 5.57 Å². The van der Waals surface area contributed by atoms with Crippen LogP contribution < -0.4 is 5.32 Å². The number of carbonyl (C=O) groups is 3. The van der Waals surface area contributed by atoms with Gasteiger partial charge in [-0.3, -0.25) is 14.9 Å². The molecule has 1 aromatic carbocycles. The van der Waals surface area contributed by atoms with Gasteiger partial charge < -0.3 is 4.74 Å². The van der Waals surface area contributed by atoms with Crippen molar-refractivity contribution in [2.75, 3.05) is 7.11 Å². The van der Waals surface area contributed by atoms with Crippen molar-refractivity contribution in [1.29, 1.82) is 0 Å². The Morgan fingerprint density at radius 1 is 1.14 bits per heavy atom. The summed E-state index contributed by atoms with van der Waals surface area (Å²) in [5.74, 6) is -1.00. The zero-order chi connectivity index (χ0) is 17.0. The van der Waals surface area contributed by atoms with Crippen molar-refractivity contribution in [3.8, 4) is 0 Å². The topological polar surface area (TPSA) is 72.5 Å². The standard InChI is InChI=1S/C8H8.C5H8O2.C4H3NO2/c1-2-8-6-4-3-5-7-8;1-4(2)5(6)7-3;6-3-1-2-4(7)5-3/h2-7H,1H2;1H2,2-3H3;1-2H,(H,5,6,7). The van der Waals surface area contributed by atoms with Crippen LogP contribution in [0.2, 0.25) is 0 Å². The van der Waals surface area contributed by atoms with Gasteiger partial charge in [0.25, 0.3) is 11.8 Å². The van der Waals surface area contributed by atoms with Gasteiger partial charge >= 0.3 is 5.97 Å². The molecule has 1 heterocycles. The Morgan fingerprint density at radius 3 is 1.82 bits per heavy atom. The Hall–Kier alpha value is -2.95. The van der Waals surface area contributed by atoms with Crippen LogP contribution in [0.4, 0.5) is 0 Å². The number of methoxy groups -OCH3 is 1. The summed E-state index contributed by atoms with van der Waals surface area (Å²) in [6.45, 7) is 8.59. The fourth-order valence-electron chi connectivity index (χ4n) is 1.12. The highest BCUT2D eigenvalue weighted by Crippen LogP contribution is 1.97. The fourth-order valence-corrected chi connectivity index (χ4v) is 1.12. The molecule has 0 unspecified atom stereocenters. The van der Waals surface area contributed by atoms with E-state index >= 15 is 0 Å². The van der Waals surface area contributed by atoms with E-state index in [1.54, 1.807) is 6.92 Å². The average molecular weight is 301 g/mol. The van der Waals surface area contributed by atoms with E-state index < -0.39 is 0 Å². The van der Waals surface area contributed by atoms with Crippen molar-refractivity contribution < 1.29 is 19.1 Å². The highest BCUT2D eigenvalue weighted by molar-refractivity contribution is 6.12. The van der Waals surface area contributed by atoms with E-state index in [4.69, 9.17) is 0 Å². The second-order valence-corrected chi connectivity index (χ2v) is 4.07. The highest BCUT2D eigenvalue weighted by Gasteiger charge is 2.06. The largest absolute Gasteiger partial charge is 0.466 e. The smallest absolute Gasteiger partial charge is 0.332 e. The third kappa shape index (κ3) is 9.03. The molecule has 0 fully saturated rings. The zero-order valence-corrected chi connectivity index (χ0v) is 12.7. The van der Waals surface area contributed by atoms with E-state index in [-0.39, 0.29) is 17.8 Å². The van der Waals surface area contributed by atoms with Gasteiger partial charge in [0.1, 0.15) is 0 Å². The summed E-state index contributed by atoms with van der Waals surface area (Å²) < 4.78 is 4.27. The third-order valence-electron chi connectivity index (χ3n) is 2.20. The number of nitrogens with one attached hydrogen (secondary N) is 1. The van der Waals surface area contributed by atoms with Crippen LogP contribution in [0.15, 0.2) is 61.2 Å². The molecule has 2 amide bonds. The third-order valence-corrected chi connectivity index (χ3v) is 2.20. The summed E-state index contributed by atoms with van der Waals surface area (Å²) in [5, 5.41) is 2.03. The van der Waals surface area contributed by atoms with Crippen molar-refractivity contribution >= 4 is 23.9 Å². The summed E-state index contributed by atoms with van der Waals surface area (Å²) in [4.78, 5) is 30.3. The van der Waals surface area contributed by atoms with Crippen molar-refractivity contribution in [2.24, 2.45) is 0 Å². The lowest BCUT2D eigenvalue weighted by atomic mass is 10.2. The van der Waals surface area contributed by atoms with E-state index in [9.17, 15) is 14.4 Å². The van der Waals surface area contributed by atoms with Crippen LogP contribution in [-0.2, 0) is 19.1 Å². The van der Waals surface area contributed by atoms with Gasteiger partial charge in [-0.2, -0.15) is 0 Å². The van der Waals surface area contributed by atoms with Crippen LogP contribution in [0.1, 0.15) is 12.5 Å². The Kier molecular flexibility index (Phi) is 9.35. The second kappa shape index (κ2) is 10.8. The number of benzene rings is 1. The first-order valence-electron chi connectivity index (χ1n) is 6.35. The number of esters is 1. The van der Waals surface area contributed by atoms with E-state index in [1.165, 1.54) is 24.8 Å². The molecule has 0 saturated carbocycles. The lowest BCUT2D eigenvalue weighted by molar-refractivity contribution is -0.136. The molecule has 0 aliphatic carbocycles. The van der Waals surface area contributed by atoms with Crippen molar-refractivity contribution in [3.05, 3.63) is 66.8 Å². The Bertz CT molecular complexity index is 558. The average Bonchev–Trinajstić information content (AvgIpc) is 2.91. The molecule has 1 aliphatic heterocycles. The Balaban J connectivity index is 0.000000302. The van der Waals surface area contributed by atoms with Gasteiger partial charge in [-0.25, -0.2) is 4.79 Å². The molecule has 1 aromatic rings. The number of hydrogen-bond donors (Lipinski definition) is 1. The number of imide groups is 1. The van der Waals surface area contributed by atoms with Crippen LogP contribution in [0.3, 0.4) is 0 Å². The SMILES string of the molecule is C=C(C)C(=O)OC.C=Cc1ccccc1.O=C1C=CC(=O)N1. The lowest BCUT2D eigenvalue weighted by Crippen LogP contribution is -2.19. The maximum atomic E-state index is 10.2. The molecule has 2 rings (SSSR count). The van der Waals surface area contributed by atoms with E-state index in [2.05, 4.69) is 17.9 Å². The first-order chi connectivity index (χ1) is 10.4. The minimum atomic E-state index is -0.347. The van der Waals surface area contributed by atoms with Crippen LogP contribution in [0.25, 0.3) is 6.08 Å². The Labute approximate surface area is 130 Å². The predicted octanol–water partition coefficient (Wildman–Crippen LogP) is 2.26. The monoisotopic (exact) mass is 301 g/mol. The summed E-state index contributed by atoms with van der Waals surface area (Å²) in [5.41, 5.74) is 1.61. The van der Waals surface area contributed by atoms with Crippen LogP contribution in [-0.4, -0.2) is 24.9 Å². The van der Waals surface area contributed by atoms with Gasteiger partial charge in [0, 0.05) is 17.7 Å². The summed E-state index contributed by atoms with van der Waals surface area (Å²) in [6, 6.07) is 10.0. The number of rotatable bonds is 2. The molecule has 5 heteroatoms. The quantitative estimate of drug-likeness (QED) is 0.516.